The van der Waals surface area contributed by atoms with Gasteiger partial charge in [-0.2, -0.15) is 0 Å². The molecule has 1 saturated heterocycles. The molecule has 0 N–H and O–H groups in total. The molecule has 0 radical (unpaired) electrons. The minimum atomic E-state index is -0.0922. The smallest absolute Gasteiger partial charge is 0.161 e. The molecule has 1 fully saturated rings. The van der Waals surface area contributed by atoms with Crippen molar-refractivity contribution in [2.45, 2.75) is 39.6 Å². The Morgan fingerprint density at radius 1 is 1.25 bits per heavy atom. The summed E-state index contributed by atoms with van der Waals surface area (Å²) >= 11 is 0. The highest BCUT2D eigenvalue weighted by Crippen LogP contribution is 2.30. The quantitative estimate of drug-likeness (QED) is 0.762. The van der Waals surface area contributed by atoms with Crippen LogP contribution >= 0.6 is 0 Å². The fraction of sp³-hybridized carbons (Fsp3) is 0.571. The Balaban J connectivity index is 1.94. The lowest BCUT2D eigenvalue weighted by Gasteiger charge is -2.40. The van der Waals surface area contributed by atoms with Gasteiger partial charge in [-0.25, -0.2) is 0 Å². The molecule has 16 heavy (non-hydrogen) atoms. The molecule has 0 amide bonds. The van der Waals surface area contributed by atoms with Gasteiger partial charge in [0.15, 0.2) is 6.29 Å². The molecule has 0 aliphatic carbocycles. The van der Waals surface area contributed by atoms with Gasteiger partial charge in [0, 0.05) is 11.8 Å². The van der Waals surface area contributed by atoms with E-state index in [2.05, 4.69) is 32.9 Å². The molecular formula is C14H20O2. The molecule has 1 heterocycles. The van der Waals surface area contributed by atoms with Crippen LogP contribution < -0.4 is 0 Å². The first-order chi connectivity index (χ1) is 7.58. The summed E-state index contributed by atoms with van der Waals surface area (Å²) < 4.78 is 11.6. The summed E-state index contributed by atoms with van der Waals surface area (Å²) in [4.78, 5) is 0. The summed E-state index contributed by atoms with van der Waals surface area (Å²) in [6.07, 6.45) is 0.988. The topological polar surface area (TPSA) is 18.5 Å². The first-order valence-electron chi connectivity index (χ1n) is 5.89. The Kier molecular flexibility index (Phi) is 3.31. The molecule has 2 atom stereocenters. The van der Waals surface area contributed by atoms with E-state index < -0.39 is 0 Å². The van der Waals surface area contributed by atoms with Gasteiger partial charge in [0.2, 0.25) is 0 Å². The van der Waals surface area contributed by atoms with Crippen LogP contribution in [0, 0.1) is 5.41 Å². The van der Waals surface area contributed by atoms with Crippen LogP contribution in [0.15, 0.2) is 30.3 Å². The summed E-state index contributed by atoms with van der Waals surface area (Å²) in [5.74, 6) is 0. The van der Waals surface area contributed by atoms with E-state index in [1.54, 1.807) is 0 Å². The SMILES string of the molecule is C[C@H]1O[C@@H](Cc2ccccc2)OCC1(C)C. The molecule has 0 unspecified atom stereocenters. The molecule has 1 aromatic carbocycles. The third-order valence-corrected chi connectivity index (χ3v) is 3.34. The lowest BCUT2D eigenvalue weighted by Crippen LogP contribution is -2.44. The number of benzene rings is 1. The van der Waals surface area contributed by atoms with Crippen molar-refractivity contribution >= 4 is 0 Å². The van der Waals surface area contributed by atoms with E-state index in [-0.39, 0.29) is 17.8 Å². The van der Waals surface area contributed by atoms with Gasteiger partial charge in [0.05, 0.1) is 12.7 Å². The Morgan fingerprint density at radius 2 is 1.94 bits per heavy atom. The van der Waals surface area contributed by atoms with Gasteiger partial charge in [-0.3, -0.25) is 0 Å². The van der Waals surface area contributed by atoms with Crippen LogP contribution in [-0.2, 0) is 15.9 Å². The molecule has 0 saturated carbocycles. The van der Waals surface area contributed by atoms with Crippen LogP contribution in [0.5, 0.6) is 0 Å². The zero-order chi connectivity index (χ0) is 11.6. The van der Waals surface area contributed by atoms with Crippen LogP contribution in [-0.4, -0.2) is 19.0 Å². The molecule has 1 aromatic rings. The normalized spacial score (nSPS) is 28.9. The Morgan fingerprint density at radius 3 is 2.56 bits per heavy atom. The monoisotopic (exact) mass is 220 g/mol. The van der Waals surface area contributed by atoms with Crippen molar-refractivity contribution in [2.24, 2.45) is 5.41 Å². The summed E-state index contributed by atoms with van der Waals surface area (Å²) in [6.45, 7) is 7.25. The second-order valence-corrected chi connectivity index (χ2v) is 5.20. The molecular weight excluding hydrogens is 200 g/mol. The van der Waals surface area contributed by atoms with E-state index >= 15 is 0 Å². The van der Waals surface area contributed by atoms with Gasteiger partial charge in [-0.05, 0) is 12.5 Å². The molecule has 2 heteroatoms. The Hall–Kier alpha value is -0.860. The molecule has 0 spiro atoms. The molecule has 1 aliphatic rings. The van der Waals surface area contributed by atoms with Gasteiger partial charge >= 0.3 is 0 Å². The maximum atomic E-state index is 5.88. The maximum absolute atomic E-state index is 5.88. The van der Waals surface area contributed by atoms with E-state index in [9.17, 15) is 0 Å². The number of hydrogen-bond acceptors (Lipinski definition) is 2. The van der Waals surface area contributed by atoms with Gasteiger partial charge in [-0.1, -0.05) is 44.2 Å². The number of ether oxygens (including phenoxy) is 2. The largest absolute Gasteiger partial charge is 0.352 e. The third-order valence-electron chi connectivity index (χ3n) is 3.34. The highest BCUT2D eigenvalue weighted by atomic mass is 16.7. The van der Waals surface area contributed by atoms with Crippen LogP contribution in [0.4, 0.5) is 0 Å². The number of rotatable bonds is 2. The fourth-order valence-electron chi connectivity index (χ4n) is 1.79. The lowest BCUT2D eigenvalue weighted by atomic mass is 9.87. The van der Waals surface area contributed by atoms with E-state index in [0.29, 0.717) is 0 Å². The lowest BCUT2D eigenvalue weighted by molar-refractivity contribution is -0.253. The van der Waals surface area contributed by atoms with Crippen molar-refractivity contribution in [2.75, 3.05) is 6.61 Å². The van der Waals surface area contributed by atoms with E-state index in [4.69, 9.17) is 9.47 Å². The predicted molar refractivity (Wildman–Crippen MR) is 64.2 cm³/mol. The summed E-state index contributed by atoms with van der Waals surface area (Å²) in [6, 6.07) is 10.3. The van der Waals surface area contributed by atoms with Crippen LogP contribution in [0.3, 0.4) is 0 Å². The first-order valence-corrected chi connectivity index (χ1v) is 5.89. The van der Waals surface area contributed by atoms with E-state index in [1.807, 2.05) is 18.2 Å². The Bertz CT molecular complexity index is 332. The van der Waals surface area contributed by atoms with E-state index in [0.717, 1.165) is 13.0 Å². The number of hydrogen-bond donors (Lipinski definition) is 0. The van der Waals surface area contributed by atoms with Crippen LogP contribution in [0.1, 0.15) is 26.3 Å². The zero-order valence-corrected chi connectivity index (χ0v) is 10.3. The summed E-state index contributed by atoms with van der Waals surface area (Å²) in [5.41, 5.74) is 1.38. The van der Waals surface area contributed by atoms with E-state index in [1.165, 1.54) is 5.56 Å². The van der Waals surface area contributed by atoms with Crippen molar-refractivity contribution in [3.8, 4) is 0 Å². The molecule has 1 aliphatic heterocycles. The standard InChI is InChI=1S/C14H20O2/c1-11-14(2,3)10-15-13(16-11)9-12-7-5-4-6-8-12/h4-8,11,13H,9-10H2,1-3H3/t11-,13+/m1/s1. The van der Waals surface area contributed by atoms with Crippen molar-refractivity contribution in [1.82, 2.24) is 0 Å². The Labute approximate surface area is 97.6 Å². The molecule has 2 nitrogen and oxygen atoms in total. The summed E-state index contributed by atoms with van der Waals surface area (Å²) in [7, 11) is 0. The van der Waals surface area contributed by atoms with Gasteiger partial charge in [0.1, 0.15) is 0 Å². The van der Waals surface area contributed by atoms with Crippen LogP contribution in [0.25, 0.3) is 0 Å². The highest BCUT2D eigenvalue weighted by Gasteiger charge is 2.35. The molecule has 0 bridgehead atoms. The summed E-state index contributed by atoms with van der Waals surface area (Å²) in [5, 5.41) is 0. The second kappa shape index (κ2) is 4.56. The van der Waals surface area contributed by atoms with Crippen molar-refractivity contribution in [1.29, 1.82) is 0 Å². The average Bonchev–Trinajstić information content (AvgIpc) is 2.26. The fourth-order valence-corrected chi connectivity index (χ4v) is 1.79. The minimum Gasteiger partial charge on any atom is -0.352 e. The third kappa shape index (κ3) is 2.63. The minimum absolute atomic E-state index is 0.0922. The zero-order valence-electron chi connectivity index (χ0n) is 10.3. The second-order valence-electron chi connectivity index (χ2n) is 5.20. The van der Waals surface area contributed by atoms with Gasteiger partial charge in [0.25, 0.3) is 0 Å². The van der Waals surface area contributed by atoms with Gasteiger partial charge < -0.3 is 9.47 Å². The van der Waals surface area contributed by atoms with Crippen molar-refractivity contribution in [3.63, 3.8) is 0 Å². The molecule has 88 valence electrons. The van der Waals surface area contributed by atoms with Gasteiger partial charge in [-0.15, -0.1) is 0 Å². The molecule has 0 aromatic heterocycles. The highest BCUT2D eigenvalue weighted by molar-refractivity contribution is 5.15. The predicted octanol–water partition coefficient (Wildman–Crippen LogP) is 3.02. The average molecular weight is 220 g/mol. The van der Waals surface area contributed by atoms with Crippen molar-refractivity contribution < 1.29 is 9.47 Å². The maximum Gasteiger partial charge on any atom is 0.161 e. The first kappa shape index (κ1) is 11.6. The van der Waals surface area contributed by atoms with Crippen LogP contribution in [0.2, 0.25) is 0 Å². The molecule has 2 rings (SSSR count). The van der Waals surface area contributed by atoms with Crippen molar-refractivity contribution in [3.05, 3.63) is 35.9 Å².